The summed E-state index contributed by atoms with van der Waals surface area (Å²) in [7, 11) is 0. The molecule has 1 aliphatic rings. The van der Waals surface area contributed by atoms with Gasteiger partial charge in [-0.1, -0.05) is 37.1 Å². The van der Waals surface area contributed by atoms with E-state index in [9.17, 15) is 9.59 Å². The number of nitrogens with one attached hydrogen (secondary N) is 1. The van der Waals surface area contributed by atoms with Crippen molar-refractivity contribution in [3.8, 4) is 0 Å². The van der Waals surface area contributed by atoms with Gasteiger partial charge in [-0.15, -0.1) is 0 Å². The summed E-state index contributed by atoms with van der Waals surface area (Å²) in [5.74, 6) is -0.688. The van der Waals surface area contributed by atoms with Gasteiger partial charge in [0.25, 0.3) is 0 Å². The lowest BCUT2D eigenvalue weighted by atomic mass is 10.0. The molecule has 102 valence electrons. The van der Waals surface area contributed by atoms with Gasteiger partial charge >= 0.3 is 5.97 Å². The summed E-state index contributed by atoms with van der Waals surface area (Å²) in [6.07, 6.45) is 2.95. The molecule has 1 aromatic carbocycles. The number of amides is 1. The van der Waals surface area contributed by atoms with Crippen molar-refractivity contribution in [1.29, 1.82) is 0 Å². The maximum atomic E-state index is 11.9. The van der Waals surface area contributed by atoms with Gasteiger partial charge in [0.1, 0.15) is 6.04 Å². The number of carbonyl (C=O) groups is 2. The highest BCUT2D eigenvalue weighted by molar-refractivity contribution is 5.85. The number of aliphatic carboxylic acids is 1. The van der Waals surface area contributed by atoms with Crippen LogP contribution in [0.1, 0.15) is 30.4 Å². The number of carboxylic acids is 1. The van der Waals surface area contributed by atoms with Crippen molar-refractivity contribution in [3.05, 3.63) is 35.4 Å². The van der Waals surface area contributed by atoms with Crippen molar-refractivity contribution in [3.63, 3.8) is 0 Å². The number of rotatable bonds is 6. The van der Waals surface area contributed by atoms with Crippen molar-refractivity contribution >= 4 is 11.9 Å². The van der Waals surface area contributed by atoms with Crippen LogP contribution in [0.15, 0.2) is 24.3 Å². The van der Waals surface area contributed by atoms with Crippen molar-refractivity contribution in [2.45, 2.75) is 38.6 Å². The lowest BCUT2D eigenvalue weighted by Gasteiger charge is -2.14. The summed E-state index contributed by atoms with van der Waals surface area (Å²) in [6, 6.07) is 6.90. The van der Waals surface area contributed by atoms with Crippen LogP contribution in [0.3, 0.4) is 0 Å². The predicted molar refractivity (Wildman–Crippen MR) is 71.8 cm³/mol. The molecular formula is C15H19NO3. The summed E-state index contributed by atoms with van der Waals surface area (Å²) in [5.41, 5.74) is 1.99. The van der Waals surface area contributed by atoms with Crippen molar-refractivity contribution < 1.29 is 14.7 Å². The van der Waals surface area contributed by atoms with Gasteiger partial charge in [-0.2, -0.15) is 0 Å². The first-order chi connectivity index (χ1) is 9.06. The van der Waals surface area contributed by atoms with Crippen LogP contribution < -0.4 is 5.32 Å². The number of carboxylic acid groups (broad SMARTS) is 1. The average molecular weight is 261 g/mol. The third kappa shape index (κ3) is 4.09. The van der Waals surface area contributed by atoms with E-state index in [0.29, 0.717) is 12.3 Å². The first-order valence-corrected chi connectivity index (χ1v) is 6.63. The zero-order valence-corrected chi connectivity index (χ0v) is 11.1. The molecule has 0 heterocycles. The number of carbonyl (C=O) groups excluding carboxylic acids is 1. The highest BCUT2D eigenvalue weighted by Gasteiger charge is 2.30. The molecule has 1 aliphatic carbocycles. The molecule has 1 fully saturated rings. The second kappa shape index (κ2) is 5.87. The molecule has 1 amide bonds. The molecule has 2 rings (SSSR count). The molecule has 0 saturated heterocycles. The molecule has 4 heteroatoms. The maximum Gasteiger partial charge on any atom is 0.326 e. The van der Waals surface area contributed by atoms with E-state index in [-0.39, 0.29) is 12.3 Å². The molecule has 0 spiro atoms. The smallest absolute Gasteiger partial charge is 0.326 e. The quantitative estimate of drug-likeness (QED) is 0.822. The molecule has 19 heavy (non-hydrogen) atoms. The molecule has 4 nitrogen and oxygen atoms in total. The fourth-order valence-electron chi connectivity index (χ4n) is 2.14. The Bertz CT molecular complexity index is 480. The fraction of sp³-hybridized carbons (Fsp3) is 0.467. The van der Waals surface area contributed by atoms with E-state index in [1.807, 2.05) is 31.2 Å². The summed E-state index contributed by atoms with van der Waals surface area (Å²) in [5, 5.41) is 11.7. The highest BCUT2D eigenvalue weighted by atomic mass is 16.4. The van der Waals surface area contributed by atoms with Gasteiger partial charge < -0.3 is 10.4 Å². The third-order valence-corrected chi connectivity index (χ3v) is 3.51. The van der Waals surface area contributed by atoms with E-state index in [2.05, 4.69) is 5.32 Å². The van der Waals surface area contributed by atoms with Gasteiger partial charge in [-0.25, -0.2) is 4.79 Å². The van der Waals surface area contributed by atoms with Crippen LogP contribution in [-0.2, 0) is 16.0 Å². The predicted octanol–water partition coefficient (Wildman–Crippen LogP) is 1.91. The van der Waals surface area contributed by atoms with E-state index in [0.717, 1.165) is 24.0 Å². The highest BCUT2D eigenvalue weighted by Crippen LogP contribution is 2.33. The third-order valence-electron chi connectivity index (χ3n) is 3.51. The number of aryl methyl sites for hydroxylation is 1. The number of hydrogen-bond donors (Lipinski definition) is 2. The van der Waals surface area contributed by atoms with Crippen molar-refractivity contribution in [2.24, 2.45) is 5.92 Å². The molecule has 0 bridgehead atoms. The zero-order chi connectivity index (χ0) is 13.8. The van der Waals surface area contributed by atoms with E-state index < -0.39 is 12.0 Å². The average Bonchev–Trinajstić information content (AvgIpc) is 3.15. The maximum absolute atomic E-state index is 11.9. The molecule has 1 unspecified atom stereocenters. The Morgan fingerprint density at radius 2 is 2.05 bits per heavy atom. The summed E-state index contributed by atoms with van der Waals surface area (Å²) >= 11 is 0. The van der Waals surface area contributed by atoms with Gasteiger partial charge in [-0.05, 0) is 30.4 Å². The van der Waals surface area contributed by atoms with Crippen LogP contribution >= 0.6 is 0 Å². The monoisotopic (exact) mass is 261 g/mol. The summed E-state index contributed by atoms with van der Waals surface area (Å²) in [4.78, 5) is 23.0. The first kappa shape index (κ1) is 13.6. The molecule has 1 atom stereocenters. The molecule has 0 aromatic heterocycles. The van der Waals surface area contributed by atoms with E-state index in [1.165, 1.54) is 0 Å². The van der Waals surface area contributed by atoms with Crippen LogP contribution in [0.2, 0.25) is 0 Å². The lowest BCUT2D eigenvalue weighted by molar-refractivity contribution is -0.142. The van der Waals surface area contributed by atoms with Gasteiger partial charge in [0.05, 0.1) is 6.42 Å². The second-order valence-corrected chi connectivity index (χ2v) is 5.24. The van der Waals surface area contributed by atoms with Crippen molar-refractivity contribution in [1.82, 2.24) is 5.32 Å². The Morgan fingerprint density at radius 3 is 2.63 bits per heavy atom. The fourth-order valence-corrected chi connectivity index (χ4v) is 2.14. The summed E-state index contributed by atoms with van der Waals surface area (Å²) in [6.45, 7) is 1.95. The zero-order valence-electron chi connectivity index (χ0n) is 11.1. The Hall–Kier alpha value is -1.84. The minimum atomic E-state index is -0.940. The second-order valence-electron chi connectivity index (χ2n) is 5.24. The van der Waals surface area contributed by atoms with E-state index >= 15 is 0 Å². The first-order valence-electron chi connectivity index (χ1n) is 6.63. The van der Waals surface area contributed by atoms with Crippen molar-refractivity contribution in [2.75, 3.05) is 0 Å². The van der Waals surface area contributed by atoms with Crippen LogP contribution in [0, 0.1) is 12.8 Å². The number of benzene rings is 1. The molecule has 1 saturated carbocycles. The van der Waals surface area contributed by atoms with Crippen LogP contribution in [-0.4, -0.2) is 23.0 Å². The standard InChI is InChI=1S/C15H19NO3/c1-10-4-2-3-5-12(10)9-14(17)16-13(15(18)19)8-11-6-7-11/h2-5,11,13H,6-9H2,1H3,(H,16,17)(H,18,19). The van der Waals surface area contributed by atoms with E-state index in [1.54, 1.807) is 0 Å². The van der Waals surface area contributed by atoms with Crippen LogP contribution in [0.4, 0.5) is 0 Å². The molecule has 0 radical (unpaired) electrons. The van der Waals surface area contributed by atoms with Gasteiger partial charge in [0.15, 0.2) is 0 Å². The van der Waals surface area contributed by atoms with Crippen LogP contribution in [0.25, 0.3) is 0 Å². The molecule has 2 N–H and O–H groups in total. The largest absolute Gasteiger partial charge is 0.480 e. The molecular weight excluding hydrogens is 242 g/mol. The van der Waals surface area contributed by atoms with Crippen LogP contribution in [0.5, 0.6) is 0 Å². The lowest BCUT2D eigenvalue weighted by Crippen LogP contribution is -2.41. The van der Waals surface area contributed by atoms with Gasteiger partial charge in [0, 0.05) is 0 Å². The Balaban J connectivity index is 1.91. The minimum absolute atomic E-state index is 0.220. The Kier molecular flexibility index (Phi) is 4.20. The Morgan fingerprint density at radius 1 is 1.37 bits per heavy atom. The van der Waals surface area contributed by atoms with Gasteiger partial charge in [-0.3, -0.25) is 4.79 Å². The summed E-state index contributed by atoms with van der Waals surface area (Å²) < 4.78 is 0. The van der Waals surface area contributed by atoms with E-state index in [4.69, 9.17) is 5.11 Å². The van der Waals surface area contributed by atoms with Gasteiger partial charge in [0.2, 0.25) is 5.91 Å². The SMILES string of the molecule is Cc1ccccc1CC(=O)NC(CC1CC1)C(=O)O. The molecule has 0 aliphatic heterocycles. The normalized spacial score (nSPS) is 15.8. The number of hydrogen-bond acceptors (Lipinski definition) is 2. The minimum Gasteiger partial charge on any atom is -0.480 e. The Labute approximate surface area is 112 Å². The molecule has 1 aromatic rings. The topological polar surface area (TPSA) is 66.4 Å².